The molecule has 4 nitrogen and oxygen atoms in total. The first kappa shape index (κ1) is 14.7. The Bertz CT molecular complexity index is 356. The second-order valence-electron chi connectivity index (χ2n) is 3.81. The van der Waals surface area contributed by atoms with Gasteiger partial charge < -0.3 is 16.2 Å². The molecule has 0 fully saturated rings. The number of phenolic OH excluding ortho intramolecular Hbond substituents is 1. The molecule has 1 amide bonds. The van der Waals surface area contributed by atoms with Crippen LogP contribution in [-0.4, -0.2) is 17.1 Å². The Labute approximate surface area is 101 Å². The molecule has 1 rings (SSSR count). The van der Waals surface area contributed by atoms with Gasteiger partial charge in [0.25, 0.3) is 0 Å². The number of nitrogens with one attached hydrogen (secondary N) is 1. The lowest BCUT2D eigenvalue weighted by Crippen LogP contribution is -2.39. The van der Waals surface area contributed by atoms with E-state index in [0.717, 1.165) is 0 Å². The lowest BCUT2D eigenvalue weighted by molar-refractivity contribution is -0.118. The van der Waals surface area contributed by atoms with Crippen molar-refractivity contribution in [2.24, 2.45) is 11.7 Å². The number of benzene rings is 1. The predicted octanol–water partition coefficient (Wildman–Crippen LogP) is 1.74. The average Bonchev–Trinajstić information content (AvgIpc) is 2.16. The number of amides is 1. The van der Waals surface area contributed by atoms with E-state index in [0.29, 0.717) is 5.69 Å². The lowest BCUT2D eigenvalue weighted by Gasteiger charge is -2.15. The quantitative estimate of drug-likeness (QED) is 0.758. The number of carbonyl (C=O) groups is 1. The van der Waals surface area contributed by atoms with Crippen molar-refractivity contribution in [3.05, 3.63) is 24.3 Å². The zero-order valence-electron chi connectivity index (χ0n) is 9.31. The van der Waals surface area contributed by atoms with Gasteiger partial charge in [0.15, 0.2) is 0 Å². The summed E-state index contributed by atoms with van der Waals surface area (Å²) in [5.41, 5.74) is 6.22. The van der Waals surface area contributed by atoms with Crippen molar-refractivity contribution >= 4 is 24.0 Å². The third-order valence-corrected chi connectivity index (χ3v) is 2.13. The van der Waals surface area contributed by atoms with E-state index >= 15 is 0 Å². The Hall–Kier alpha value is -1.26. The minimum Gasteiger partial charge on any atom is -0.508 e. The van der Waals surface area contributed by atoms with Crippen molar-refractivity contribution in [2.45, 2.75) is 19.9 Å². The molecule has 1 aromatic carbocycles. The molecule has 0 bridgehead atoms. The molecule has 0 aliphatic rings. The summed E-state index contributed by atoms with van der Waals surface area (Å²) in [4.78, 5) is 11.5. The van der Waals surface area contributed by atoms with Crippen molar-refractivity contribution in [1.82, 2.24) is 0 Å². The molecule has 0 aliphatic carbocycles. The summed E-state index contributed by atoms with van der Waals surface area (Å²) >= 11 is 0. The van der Waals surface area contributed by atoms with E-state index in [4.69, 9.17) is 5.73 Å². The van der Waals surface area contributed by atoms with Gasteiger partial charge in [-0.05, 0) is 18.1 Å². The van der Waals surface area contributed by atoms with Crippen molar-refractivity contribution in [1.29, 1.82) is 0 Å². The van der Waals surface area contributed by atoms with Crippen LogP contribution in [0, 0.1) is 5.92 Å². The Morgan fingerprint density at radius 3 is 2.56 bits per heavy atom. The molecule has 90 valence electrons. The number of anilines is 1. The minimum atomic E-state index is -0.535. The number of hydrogen-bond acceptors (Lipinski definition) is 3. The van der Waals surface area contributed by atoms with Crippen molar-refractivity contribution in [3.63, 3.8) is 0 Å². The third kappa shape index (κ3) is 4.08. The fraction of sp³-hybridized carbons (Fsp3) is 0.364. The van der Waals surface area contributed by atoms with Gasteiger partial charge in [-0.25, -0.2) is 0 Å². The highest BCUT2D eigenvalue weighted by Gasteiger charge is 2.16. The predicted molar refractivity (Wildman–Crippen MR) is 66.8 cm³/mol. The van der Waals surface area contributed by atoms with E-state index in [1.165, 1.54) is 12.1 Å². The van der Waals surface area contributed by atoms with Crippen LogP contribution in [-0.2, 0) is 4.79 Å². The Kier molecular flexibility index (Phi) is 5.85. The van der Waals surface area contributed by atoms with Gasteiger partial charge >= 0.3 is 0 Å². The van der Waals surface area contributed by atoms with Crippen LogP contribution in [0.15, 0.2) is 24.3 Å². The lowest BCUT2D eigenvalue weighted by atomic mass is 10.0. The number of carbonyl (C=O) groups excluding carboxylic acids is 1. The number of halogens is 1. The first-order valence-corrected chi connectivity index (χ1v) is 4.86. The second-order valence-corrected chi connectivity index (χ2v) is 3.81. The molecular weight excluding hydrogens is 228 g/mol. The van der Waals surface area contributed by atoms with E-state index in [-0.39, 0.29) is 30.0 Å². The molecule has 0 aromatic heterocycles. The molecule has 0 saturated heterocycles. The first-order chi connectivity index (χ1) is 7.00. The van der Waals surface area contributed by atoms with Crippen LogP contribution in [0.25, 0.3) is 0 Å². The van der Waals surface area contributed by atoms with Crippen LogP contribution in [0.4, 0.5) is 5.69 Å². The van der Waals surface area contributed by atoms with Gasteiger partial charge in [-0.3, -0.25) is 4.79 Å². The monoisotopic (exact) mass is 244 g/mol. The highest BCUT2D eigenvalue weighted by Crippen LogP contribution is 2.15. The molecule has 0 saturated carbocycles. The number of phenols is 1. The molecule has 1 atom stereocenters. The van der Waals surface area contributed by atoms with Gasteiger partial charge in [-0.1, -0.05) is 19.9 Å². The van der Waals surface area contributed by atoms with Crippen molar-refractivity contribution in [3.8, 4) is 5.75 Å². The smallest absolute Gasteiger partial charge is 0.241 e. The summed E-state index contributed by atoms with van der Waals surface area (Å²) in [6, 6.07) is 5.84. The highest BCUT2D eigenvalue weighted by atomic mass is 35.5. The van der Waals surface area contributed by atoms with E-state index in [1.54, 1.807) is 12.1 Å². The maximum atomic E-state index is 11.5. The highest BCUT2D eigenvalue weighted by molar-refractivity contribution is 5.94. The molecule has 4 N–H and O–H groups in total. The van der Waals surface area contributed by atoms with Gasteiger partial charge in [0, 0.05) is 11.8 Å². The SMILES string of the molecule is CC(C)[C@@H](N)C(=O)Nc1cccc(O)c1.Cl. The summed E-state index contributed by atoms with van der Waals surface area (Å²) in [6.45, 7) is 3.76. The Morgan fingerprint density at radius 1 is 1.44 bits per heavy atom. The van der Waals surface area contributed by atoms with Crippen molar-refractivity contribution in [2.75, 3.05) is 5.32 Å². The van der Waals surface area contributed by atoms with Gasteiger partial charge in [0.05, 0.1) is 6.04 Å². The number of nitrogens with two attached hydrogens (primary N) is 1. The normalized spacial score (nSPS) is 11.8. The van der Waals surface area contributed by atoms with E-state index in [9.17, 15) is 9.90 Å². The van der Waals surface area contributed by atoms with Crippen molar-refractivity contribution < 1.29 is 9.90 Å². The fourth-order valence-electron chi connectivity index (χ4n) is 1.11. The summed E-state index contributed by atoms with van der Waals surface area (Å²) < 4.78 is 0. The summed E-state index contributed by atoms with van der Waals surface area (Å²) in [7, 11) is 0. The van der Waals surface area contributed by atoms with Gasteiger partial charge in [0.1, 0.15) is 5.75 Å². The Morgan fingerprint density at radius 2 is 2.06 bits per heavy atom. The van der Waals surface area contributed by atoms with Gasteiger partial charge in [0.2, 0.25) is 5.91 Å². The largest absolute Gasteiger partial charge is 0.508 e. The van der Waals surface area contributed by atoms with Gasteiger partial charge in [-0.15, -0.1) is 12.4 Å². The summed E-state index contributed by atoms with van der Waals surface area (Å²) in [5, 5.41) is 11.8. The van der Waals surface area contributed by atoms with E-state index < -0.39 is 6.04 Å². The van der Waals surface area contributed by atoms with Crippen LogP contribution >= 0.6 is 12.4 Å². The standard InChI is InChI=1S/C11H16N2O2.ClH/c1-7(2)10(12)11(15)13-8-4-3-5-9(14)6-8;/h3-7,10,14H,12H2,1-2H3,(H,13,15);1H/t10-;/m1./s1. The third-order valence-electron chi connectivity index (χ3n) is 2.13. The molecular formula is C11H17ClN2O2. The number of hydrogen-bond donors (Lipinski definition) is 3. The number of rotatable bonds is 3. The molecule has 0 unspecified atom stereocenters. The van der Waals surface area contributed by atoms with E-state index in [2.05, 4.69) is 5.32 Å². The topological polar surface area (TPSA) is 75.4 Å². The zero-order valence-corrected chi connectivity index (χ0v) is 10.1. The molecule has 5 heteroatoms. The van der Waals surface area contributed by atoms with Crippen LogP contribution in [0.1, 0.15) is 13.8 Å². The van der Waals surface area contributed by atoms with Gasteiger partial charge in [-0.2, -0.15) is 0 Å². The van der Waals surface area contributed by atoms with Crippen LogP contribution in [0.3, 0.4) is 0 Å². The maximum absolute atomic E-state index is 11.5. The molecule has 1 aromatic rings. The number of aromatic hydroxyl groups is 1. The first-order valence-electron chi connectivity index (χ1n) is 4.86. The Balaban J connectivity index is 0.00000225. The molecule has 0 heterocycles. The molecule has 16 heavy (non-hydrogen) atoms. The minimum absolute atomic E-state index is 0. The second kappa shape index (κ2) is 6.35. The fourth-order valence-corrected chi connectivity index (χ4v) is 1.11. The van der Waals surface area contributed by atoms with E-state index in [1.807, 2.05) is 13.8 Å². The van der Waals surface area contributed by atoms with Crippen LogP contribution in [0.2, 0.25) is 0 Å². The maximum Gasteiger partial charge on any atom is 0.241 e. The summed E-state index contributed by atoms with van der Waals surface area (Å²) in [6.07, 6.45) is 0. The zero-order chi connectivity index (χ0) is 11.4. The van der Waals surface area contributed by atoms with Crippen LogP contribution < -0.4 is 11.1 Å². The molecule has 0 spiro atoms. The average molecular weight is 245 g/mol. The summed E-state index contributed by atoms with van der Waals surface area (Å²) in [5.74, 6) is -0.0381. The molecule has 0 aliphatic heterocycles. The van der Waals surface area contributed by atoms with Crippen LogP contribution in [0.5, 0.6) is 5.75 Å². The molecule has 0 radical (unpaired) electrons.